The van der Waals surface area contributed by atoms with Gasteiger partial charge in [-0.3, -0.25) is 4.90 Å². The first-order chi connectivity index (χ1) is 20.3. The van der Waals surface area contributed by atoms with E-state index in [4.69, 9.17) is 16.3 Å². The van der Waals surface area contributed by atoms with Gasteiger partial charge in [-0.2, -0.15) is 0 Å². The lowest BCUT2D eigenvalue weighted by Gasteiger charge is -2.39. The summed E-state index contributed by atoms with van der Waals surface area (Å²) in [5.74, 6) is -0.388. The number of carboxylic acids is 1. The third kappa shape index (κ3) is 6.13. The minimum Gasteiger partial charge on any atom is -0.478 e. The Kier molecular flexibility index (Phi) is 8.15. The van der Waals surface area contributed by atoms with Gasteiger partial charge in [-0.25, -0.2) is 9.78 Å². The standard InChI is InChI=1S/C34H39ClN4O3/c1-34(2)13-12-25(29(22-34)24-6-8-26(35)9-7-24)23-37-16-18-38(19-17-37)27-10-11-28(33(40)41)31(21-27)39-15-4-20-42-32-30(39)5-3-14-36-32/h3,5-11,14,21H,4,12-13,15-20,22-23H2,1-2H3,(H,40,41). The van der Waals surface area contributed by atoms with Gasteiger partial charge >= 0.3 is 5.97 Å². The van der Waals surface area contributed by atoms with E-state index in [1.54, 1.807) is 17.8 Å². The zero-order chi connectivity index (χ0) is 29.3. The van der Waals surface area contributed by atoms with E-state index >= 15 is 0 Å². The Bertz CT molecular complexity index is 1480. The number of halogens is 1. The molecule has 0 spiro atoms. The molecular weight excluding hydrogens is 548 g/mol. The van der Waals surface area contributed by atoms with E-state index in [1.165, 1.54) is 17.6 Å². The van der Waals surface area contributed by atoms with Gasteiger partial charge in [-0.05, 0) is 84.7 Å². The third-order valence-electron chi connectivity index (χ3n) is 8.84. The lowest BCUT2D eigenvalue weighted by molar-refractivity contribution is 0.0697. The van der Waals surface area contributed by atoms with Crippen molar-refractivity contribution in [3.05, 3.63) is 82.5 Å². The molecule has 1 fully saturated rings. The summed E-state index contributed by atoms with van der Waals surface area (Å²) < 4.78 is 5.85. The SMILES string of the molecule is CC1(C)CCC(CN2CCN(c3ccc(C(=O)O)c(N4CCCOc5ncccc54)c3)CC2)=C(c2ccc(Cl)cc2)C1. The number of pyridine rings is 1. The molecule has 1 aromatic heterocycles. The zero-order valence-corrected chi connectivity index (χ0v) is 25.2. The van der Waals surface area contributed by atoms with Crippen LogP contribution in [0.2, 0.25) is 5.02 Å². The number of allylic oxidation sites excluding steroid dienone is 1. The minimum absolute atomic E-state index is 0.288. The molecule has 1 saturated heterocycles. The van der Waals surface area contributed by atoms with Crippen molar-refractivity contribution < 1.29 is 14.6 Å². The molecule has 1 N–H and O–H groups in total. The minimum atomic E-state index is -0.933. The lowest BCUT2D eigenvalue weighted by atomic mass is 9.72. The van der Waals surface area contributed by atoms with Gasteiger partial charge in [0.1, 0.15) is 5.69 Å². The van der Waals surface area contributed by atoms with E-state index in [0.717, 1.165) is 68.4 Å². The van der Waals surface area contributed by atoms with Crippen LogP contribution < -0.4 is 14.5 Å². The topological polar surface area (TPSA) is 69.1 Å². The number of carboxylic acid groups (broad SMARTS) is 1. The van der Waals surface area contributed by atoms with Gasteiger partial charge in [-0.1, -0.05) is 43.2 Å². The Labute approximate surface area is 253 Å². The van der Waals surface area contributed by atoms with E-state index in [0.29, 0.717) is 30.1 Å². The van der Waals surface area contributed by atoms with Crippen molar-refractivity contribution in [2.24, 2.45) is 5.41 Å². The van der Waals surface area contributed by atoms with Crippen molar-refractivity contribution in [3.63, 3.8) is 0 Å². The molecule has 7 nitrogen and oxygen atoms in total. The number of aromatic carboxylic acids is 1. The number of benzene rings is 2. The van der Waals surface area contributed by atoms with Crippen LogP contribution in [0.25, 0.3) is 5.57 Å². The summed E-state index contributed by atoms with van der Waals surface area (Å²) in [6.45, 7) is 10.7. The predicted octanol–water partition coefficient (Wildman–Crippen LogP) is 7.14. The predicted molar refractivity (Wildman–Crippen MR) is 169 cm³/mol. The number of carbonyl (C=O) groups is 1. The summed E-state index contributed by atoms with van der Waals surface area (Å²) in [6, 6.07) is 17.9. The van der Waals surface area contributed by atoms with Crippen molar-refractivity contribution in [1.29, 1.82) is 0 Å². The Morgan fingerprint density at radius 1 is 1.02 bits per heavy atom. The summed E-state index contributed by atoms with van der Waals surface area (Å²) in [7, 11) is 0. The average Bonchev–Trinajstić information content (AvgIpc) is 3.21. The van der Waals surface area contributed by atoms with Gasteiger partial charge in [0, 0.05) is 56.2 Å². The number of ether oxygens (including phenoxy) is 1. The first-order valence-corrected chi connectivity index (χ1v) is 15.3. The smallest absolute Gasteiger partial charge is 0.337 e. The van der Waals surface area contributed by atoms with Crippen molar-refractivity contribution in [3.8, 4) is 5.88 Å². The van der Waals surface area contributed by atoms with E-state index in [2.05, 4.69) is 40.8 Å². The summed E-state index contributed by atoms with van der Waals surface area (Å²) in [4.78, 5) is 23.7. The maximum absolute atomic E-state index is 12.3. The van der Waals surface area contributed by atoms with Crippen LogP contribution in [0.3, 0.4) is 0 Å². The first kappa shape index (κ1) is 28.6. The van der Waals surface area contributed by atoms with E-state index in [1.807, 2.05) is 41.3 Å². The second-order valence-corrected chi connectivity index (χ2v) is 12.8. The van der Waals surface area contributed by atoms with E-state index in [-0.39, 0.29) is 5.56 Å². The molecular formula is C34H39ClN4O3. The van der Waals surface area contributed by atoms with Crippen LogP contribution in [0, 0.1) is 5.41 Å². The first-order valence-electron chi connectivity index (χ1n) is 14.9. The highest BCUT2D eigenvalue weighted by atomic mass is 35.5. The van der Waals surface area contributed by atoms with Crippen molar-refractivity contribution in [1.82, 2.24) is 9.88 Å². The Morgan fingerprint density at radius 3 is 2.57 bits per heavy atom. The van der Waals surface area contributed by atoms with Crippen LogP contribution in [0.1, 0.15) is 55.5 Å². The third-order valence-corrected chi connectivity index (χ3v) is 9.09. The number of anilines is 3. The Morgan fingerprint density at radius 2 is 1.81 bits per heavy atom. The molecule has 1 aliphatic carbocycles. The fraction of sp³-hybridized carbons (Fsp3) is 0.412. The Hall–Kier alpha value is -3.55. The molecule has 0 bridgehead atoms. The van der Waals surface area contributed by atoms with Gasteiger partial charge in [0.15, 0.2) is 0 Å². The average molecular weight is 587 g/mol. The number of aromatic nitrogens is 1. The zero-order valence-electron chi connectivity index (χ0n) is 24.5. The number of rotatable bonds is 6. The second kappa shape index (κ2) is 12.0. The quantitative estimate of drug-likeness (QED) is 0.329. The van der Waals surface area contributed by atoms with Crippen molar-refractivity contribution in [2.75, 3.05) is 55.7 Å². The molecule has 6 rings (SSSR count). The highest BCUT2D eigenvalue weighted by molar-refractivity contribution is 6.30. The molecule has 2 aromatic carbocycles. The van der Waals surface area contributed by atoms with Gasteiger partial charge in [0.25, 0.3) is 0 Å². The number of fused-ring (bicyclic) bond motifs is 1. The van der Waals surface area contributed by atoms with Crippen molar-refractivity contribution >= 4 is 40.2 Å². The van der Waals surface area contributed by atoms with Gasteiger partial charge in [0.2, 0.25) is 5.88 Å². The van der Waals surface area contributed by atoms with Crippen LogP contribution in [-0.2, 0) is 0 Å². The van der Waals surface area contributed by atoms with Gasteiger partial charge in [-0.15, -0.1) is 0 Å². The monoisotopic (exact) mass is 586 g/mol. The lowest BCUT2D eigenvalue weighted by Crippen LogP contribution is -2.47. The fourth-order valence-electron chi connectivity index (χ4n) is 6.48. The molecule has 0 amide bonds. The fourth-order valence-corrected chi connectivity index (χ4v) is 6.61. The molecule has 0 radical (unpaired) electrons. The summed E-state index contributed by atoms with van der Waals surface area (Å²) in [5.41, 5.74) is 7.45. The molecule has 0 saturated carbocycles. The van der Waals surface area contributed by atoms with Gasteiger partial charge < -0.3 is 19.6 Å². The highest BCUT2D eigenvalue weighted by Crippen LogP contribution is 2.43. The largest absolute Gasteiger partial charge is 0.478 e. The van der Waals surface area contributed by atoms with E-state index in [9.17, 15) is 9.90 Å². The van der Waals surface area contributed by atoms with Gasteiger partial charge in [0.05, 0.1) is 17.9 Å². The molecule has 220 valence electrons. The molecule has 3 heterocycles. The van der Waals surface area contributed by atoms with Crippen LogP contribution in [0.15, 0.2) is 66.4 Å². The molecule has 0 unspecified atom stereocenters. The Balaban J connectivity index is 1.21. The molecule has 8 heteroatoms. The maximum atomic E-state index is 12.3. The number of hydrogen-bond donors (Lipinski definition) is 1. The van der Waals surface area contributed by atoms with Crippen LogP contribution >= 0.6 is 11.6 Å². The number of hydrogen-bond acceptors (Lipinski definition) is 6. The molecule has 3 aliphatic rings. The normalized spacial score (nSPS) is 19.2. The summed E-state index contributed by atoms with van der Waals surface area (Å²) in [6.07, 6.45) is 5.91. The molecule has 0 atom stereocenters. The molecule has 2 aliphatic heterocycles. The van der Waals surface area contributed by atoms with Crippen molar-refractivity contribution in [2.45, 2.75) is 39.5 Å². The second-order valence-electron chi connectivity index (χ2n) is 12.4. The molecule has 3 aromatic rings. The summed E-state index contributed by atoms with van der Waals surface area (Å²) in [5, 5.41) is 10.8. The summed E-state index contributed by atoms with van der Waals surface area (Å²) >= 11 is 6.20. The maximum Gasteiger partial charge on any atom is 0.337 e. The van der Waals surface area contributed by atoms with E-state index < -0.39 is 5.97 Å². The number of nitrogens with zero attached hydrogens (tertiary/aromatic N) is 4. The number of piperazine rings is 1. The molecule has 42 heavy (non-hydrogen) atoms. The van der Waals surface area contributed by atoms with Crippen LogP contribution in [-0.4, -0.2) is 66.8 Å². The van der Waals surface area contributed by atoms with Crippen LogP contribution in [0.5, 0.6) is 5.88 Å². The van der Waals surface area contributed by atoms with Crippen LogP contribution in [0.4, 0.5) is 17.1 Å². The highest BCUT2D eigenvalue weighted by Gasteiger charge is 2.30.